The van der Waals surface area contributed by atoms with Crippen LogP contribution in [-0.2, 0) is 28.2 Å². The summed E-state index contributed by atoms with van der Waals surface area (Å²) in [5.74, 6) is -0.402. The molecular weight excluding hydrogens is 592 g/mol. The first-order valence-corrected chi connectivity index (χ1v) is 13.9. The summed E-state index contributed by atoms with van der Waals surface area (Å²) in [6, 6.07) is 12.7. The number of alkyl halides is 6. The minimum Gasteiger partial charge on any atom is -0.463 e. The zero-order chi connectivity index (χ0) is 32.1. The number of carbonyl (C=O) groups excluding carboxylic acids is 1. The molecule has 1 aliphatic rings. The van der Waals surface area contributed by atoms with Gasteiger partial charge in [-0.05, 0) is 46.9 Å². The van der Waals surface area contributed by atoms with Crippen molar-refractivity contribution < 1.29 is 46.1 Å². The number of rotatable bonds is 10. The van der Waals surface area contributed by atoms with Crippen molar-refractivity contribution in [1.82, 2.24) is 14.8 Å². The number of nitrogens with zero attached hydrogens (tertiary/aromatic N) is 3. The summed E-state index contributed by atoms with van der Waals surface area (Å²) >= 11 is 0. The van der Waals surface area contributed by atoms with E-state index >= 15 is 0 Å². The van der Waals surface area contributed by atoms with Crippen molar-refractivity contribution in [3.8, 4) is 11.1 Å². The normalized spacial score (nSPS) is 17.1. The van der Waals surface area contributed by atoms with E-state index in [-0.39, 0.29) is 25.7 Å². The summed E-state index contributed by atoms with van der Waals surface area (Å²) in [6.45, 7) is 4.62. The molecule has 13 heteroatoms. The van der Waals surface area contributed by atoms with E-state index in [4.69, 9.17) is 9.84 Å². The fourth-order valence-corrected chi connectivity index (χ4v) is 5.42. The van der Waals surface area contributed by atoms with Crippen molar-refractivity contribution in [2.75, 3.05) is 32.8 Å². The number of piperazine rings is 1. The predicted octanol–water partition coefficient (Wildman–Crippen LogP) is 4.98. The van der Waals surface area contributed by atoms with Crippen molar-refractivity contribution in [3.05, 3.63) is 89.2 Å². The number of benzene rings is 2. The summed E-state index contributed by atoms with van der Waals surface area (Å²) in [6.07, 6.45) is -8.34. The molecule has 1 saturated heterocycles. The van der Waals surface area contributed by atoms with E-state index in [0.717, 1.165) is 35.4 Å². The lowest BCUT2D eigenvalue weighted by atomic mass is 9.90. The molecule has 2 aromatic carbocycles. The van der Waals surface area contributed by atoms with Gasteiger partial charge in [-0.15, -0.1) is 0 Å². The maximum atomic E-state index is 13.3. The zero-order valence-corrected chi connectivity index (χ0v) is 23.9. The fourth-order valence-electron chi connectivity index (χ4n) is 5.42. The SMILES string of the molecule is Cc1cc(CN2CCN(Cc3ccncc3)C(CC(=O)OCCO)C2)ccc1-c1ccc(C(O)(C(F)(F)F)C(F)(F)F)cc1. The zero-order valence-electron chi connectivity index (χ0n) is 23.9. The molecule has 0 bridgehead atoms. The number of aliphatic hydroxyl groups excluding tert-OH is 1. The molecule has 1 aromatic heterocycles. The lowest BCUT2D eigenvalue weighted by Crippen LogP contribution is -2.53. The van der Waals surface area contributed by atoms with Gasteiger partial charge in [0.05, 0.1) is 13.0 Å². The number of carbonyl (C=O) groups is 1. The van der Waals surface area contributed by atoms with Gasteiger partial charge in [-0.25, -0.2) is 0 Å². The third-order valence-corrected chi connectivity index (χ3v) is 7.71. The van der Waals surface area contributed by atoms with Gasteiger partial charge < -0.3 is 14.9 Å². The van der Waals surface area contributed by atoms with Gasteiger partial charge in [-0.2, -0.15) is 26.3 Å². The molecule has 0 aliphatic carbocycles. The first-order chi connectivity index (χ1) is 20.7. The summed E-state index contributed by atoms with van der Waals surface area (Å²) < 4.78 is 84.6. The highest BCUT2D eigenvalue weighted by Gasteiger charge is 2.71. The minimum absolute atomic E-state index is 0.0699. The van der Waals surface area contributed by atoms with Crippen molar-refractivity contribution in [3.63, 3.8) is 0 Å². The summed E-state index contributed by atoms with van der Waals surface area (Å²) in [7, 11) is 0. The molecule has 238 valence electrons. The molecule has 1 unspecified atom stereocenters. The van der Waals surface area contributed by atoms with Crippen molar-refractivity contribution in [2.45, 2.75) is 50.4 Å². The summed E-state index contributed by atoms with van der Waals surface area (Å²) in [4.78, 5) is 20.9. The Kier molecular flexibility index (Phi) is 10.3. The molecule has 4 rings (SSSR count). The van der Waals surface area contributed by atoms with Crippen LogP contribution in [0.15, 0.2) is 67.0 Å². The fraction of sp³-hybridized carbons (Fsp3) is 0.419. The third-order valence-electron chi connectivity index (χ3n) is 7.71. The molecular formula is C31H33F6N3O4. The van der Waals surface area contributed by atoms with Crippen LogP contribution in [0.5, 0.6) is 0 Å². The molecule has 0 spiro atoms. The lowest BCUT2D eigenvalue weighted by molar-refractivity contribution is -0.376. The van der Waals surface area contributed by atoms with Crippen LogP contribution in [0.4, 0.5) is 26.3 Å². The first kappa shape index (κ1) is 33.4. The van der Waals surface area contributed by atoms with Crippen LogP contribution >= 0.6 is 0 Å². The molecule has 1 atom stereocenters. The Morgan fingerprint density at radius 2 is 1.59 bits per heavy atom. The van der Waals surface area contributed by atoms with Gasteiger partial charge in [0.1, 0.15) is 6.61 Å². The molecule has 2 N–H and O–H groups in total. The van der Waals surface area contributed by atoms with Gasteiger partial charge in [-0.1, -0.05) is 42.5 Å². The second kappa shape index (κ2) is 13.6. The molecule has 0 radical (unpaired) electrons. The number of aryl methyl sites for hydroxylation is 1. The van der Waals surface area contributed by atoms with Crippen LogP contribution in [0.25, 0.3) is 11.1 Å². The van der Waals surface area contributed by atoms with Gasteiger partial charge in [0, 0.05) is 56.7 Å². The average molecular weight is 626 g/mol. The largest absolute Gasteiger partial charge is 0.463 e. The van der Waals surface area contributed by atoms with E-state index in [2.05, 4.69) is 14.8 Å². The number of hydrogen-bond donors (Lipinski definition) is 2. The number of pyridine rings is 1. The number of esters is 1. The minimum atomic E-state index is -5.95. The smallest absolute Gasteiger partial charge is 0.430 e. The van der Waals surface area contributed by atoms with Gasteiger partial charge >= 0.3 is 18.3 Å². The van der Waals surface area contributed by atoms with Gasteiger partial charge in [0.15, 0.2) is 0 Å². The van der Waals surface area contributed by atoms with E-state index in [1.165, 1.54) is 0 Å². The second-order valence-corrected chi connectivity index (χ2v) is 10.8. The maximum Gasteiger partial charge on any atom is 0.430 e. The topological polar surface area (TPSA) is 86.1 Å². The number of aromatic nitrogens is 1. The molecule has 1 aliphatic heterocycles. The quantitative estimate of drug-likeness (QED) is 0.243. The predicted molar refractivity (Wildman–Crippen MR) is 149 cm³/mol. The highest BCUT2D eigenvalue weighted by molar-refractivity contribution is 5.70. The number of ether oxygens (including phenoxy) is 1. The average Bonchev–Trinajstić information content (AvgIpc) is 2.96. The van der Waals surface area contributed by atoms with Crippen molar-refractivity contribution in [1.29, 1.82) is 0 Å². The molecule has 0 amide bonds. The van der Waals surface area contributed by atoms with Gasteiger partial charge in [-0.3, -0.25) is 19.6 Å². The molecule has 3 aromatic rings. The van der Waals surface area contributed by atoms with Crippen LogP contribution in [-0.4, -0.2) is 82.2 Å². The van der Waals surface area contributed by atoms with Crippen LogP contribution in [0.1, 0.15) is 28.7 Å². The Labute approximate surface area is 250 Å². The van der Waals surface area contributed by atoms with E-state index in [1.54, 1.807) is 25.4 Å². The summed E-state index contributed by atoms with van der Waals surface area (Å²) in [5, 5.41) is 18.7. The summed E-state index contributed by atoms with van der Waals surface area (Å²) in [5.41, 5.74) is -2.51. The van der Waals surface area contributed by atoms with Crippen LogP contribution in [0.2, 0.25) is 0 Å². The molecule has 44 heavy (non-hydrogen) atoms. The highest BCUT2D eigenvalue weighted by Crippen LogP contribution is 2.50. The number of aliphatic hydroxyl groups is 2. The maximum absolute atomic E-state index is 13.3. The standard InChI is InChI=1S/C31H33F6N3O4/c1-21-16-23(2-7-27(21)24-3-5-25(6-4-24)29(43,30(32,33)34)31(35,36)37)18-39-12-13-40(19-22-8-10-38-11-9-22)26(20-39)17-28(42)44-15-14-41/h2-11,16,26,41,43H,12-15,17-20H2,1H3. The highest BCUT2D eigenvalue weighted by atomic mass is 19.4. The van der Waals surface area contributed by atoms with Crippen molar-refractivity contribution in [2.24, 2.45) is 0 Å². The third kappa shape index (κ3) is 7.57. The first-order valence-electron chi connectivity index (χ1n) is 13.9. The van der Waals surface area contributed by atoms with E-state index in [1.807, 2.05) is 24.3 Å². The van der Waals surface area contributed by atoms with Crippen LogP contribution < -0.4 is 0 Å². The Morgan fingerprint density at radius 3 is 2.18 bits per heavy atom. The van der Waals surface area contributed by atoms with Crippen LogP contribution in [0.3, 0.4) is 0 Å². The lowest BCUT2D eigenvalue weighted by Gasteiger charge is -2.41. The molecule has 1 fully saturated rings. The second-order valence-electron chi connectivity index (χ2n) is 10.8. The number of hydrogen-bond acceptors (Lipinski definition) is 7. The van der Waals surface area contributed by atoms with Gasteiger partial charge in [0.2, 0.25) is 0 Å². The monoisotopic (exact) mass is 625 g/mol. The van der Waals surface area contributed by atoms with Gasteiger partial charge in [0.25, 0.3) is 5.60 Å². The van der Waals surface area contributed by atoms with E-state index in [9.17, 15) is 36.2 Å². The molecule has 2 heterocycles. The van der Waals surface area contributed by atoms with Crippen molar-refractivity contribution >= 4 is 5.97 Å². The molecule has 0 saturated carbocycles. The van der Waals surface area contributed by atoms with E-state index in [0.29, 0.717) is 49.4 Å². The molecule has 7 nitrogen and oxygen atoms in total. The Hall–Kier alpha value is -3.52. The number of halogens is 6. The Bertz CT molecular complexity index is 1390. The van der Waals surface area contributed by atoms with E-state index < -0.39 is 29.5 Å². The van der Waals surface area contributed by atoms with Crippen LogP contribution in [0, 0.1) is 6.92 Å². The Balaban J connectivity index is 1.47. The Morgan fingerprint density at radius 1 is 0.932 bits per heavy atom.